The number of anilines is 1. The number of aromatic nitrogens is 1. The van der Waals surface area contributed by atoms with Gasteiger partial charge in [-0.15, -0.1) is 0 Å². The van der Waals surface area contributed by atoms with Crippen LogP contribution in [0.1, 0.15) is 11.1 Å². The second-order valence-corrected chi connectivity index (χ2v) is 5.90. The molecule has 3 N–H and O–H groups in total. The second kappa shape index (κ2) is 5.56. The monoisotopic (exact) mass is 295 g/mol. The van der Waals surface area contributed by atoms with E-state index in [2.05, 4.69) is 9.71 Å². The molecule has 7 heteroatoms. The summed E-state index contributed by atoms with van der Waals surface area (Å²) in [6, 6.07) is 5.04. The van der Waals surface area contributed by atoms with Gasteiger partial charge in [-0.25, -0.2) is 12.8 Å². The molecule has 0 fully saturated rings. The van der Waals surface area contributed by atoms with Crippen LogP contribution in [-0.4, -0.2) is 13.4 Å². The maximum absolute atomic E-state index is 13.3. The molecule has 1 heterocycles. The SMILES string of the molecule is Cc1cnccc1NS(=O)(=O)c1cc(F)ccc1CN. The average molecular weight is 295 g/mol. The van der Waals surface area contributed by atoms with E-state index >= 15 is 0 Å². The second-order valence-electron chi connectivity index (χ2n) is 4.25. The molecule has 0 amide bonds. The van der Waals surface area contributed by atoms with E-state index in [0.29, 0.717) is 16.8 Å². The summed E-state index contributed by atoms with van der Waals surface area (Å²) in [5.41, 5.74) is 6.91. The average Bonchev–Trinajstić information content (AvgIpc) is 2.41. The van der Waals surface area contributed by atoms with Crippen LogP contribution in [0.5, 0.6) is 0 Å². The molecule has 0 aliphatic heterocycles. The van der Waals surface area contributed by atoms with Crippen molar-refractivity contribution >= 4 is 15.7 Å². The molecule has 0 radical (unpaired) electrons. The number of halogens is 1. The van der Waals surface area contributed by atoms with Gasteiger partial charge in [0.25, 0.3) is 10.0 Å². The number of pyridine rings is 1. The van der Waals surface area contributed by atoms with Crippen LogP contribution in [-0.2, 0) is 16.6 Å². The van der Waals surface area contributed by atoms with Gasteiger partial charge in [0.1, 0.15) is 5.82 Å². The van der Waals surface area contributed by atoms with Gasteiger partial charge in [0.15, 0.2) is 0 Å². The van der Waals surface area contributed by atoms with Crippen molar-refractivity contribution in [1.82, 2.24) is 4.98 Å². The molecular formula is C13H14FN3O2S. The van der Waals surface area contributed by atoms with Crippen LogP contribution < -0.4 is 10.5 Å². The Bertz CT molecular complexity index is 732. The summed E-state index contributed by atoms with van der Waals surface area (Å²) in [5.74, 6) is -0.631. The van der Waals surface area contributed by atoms with Gasteiger partial charge in [-0.2, -0.15) is 0 Å². The third-order valence-corrected chi connectivity index (χ3v) is 4.25. The van der Waals surface area contributed by atoms with Crippen LogP contribution in [0.3, 0.4) is 0 Å². The zero-order valence-electron chi connectivity index (χ0n) is 10.8. The Labute approximate surface area is 116 Å². The van der Waals surface area contributed by atoms with E-state index in [0.717, 1.165) is 6.07 Å². The van der Waals surface area contributed by atoms with Crippen molar-refractivity contribution in [3.05, 3.63) is 53.6 Å². The normalized spacial score (nSPS) is 11.3. The van der Waals surface area contributed by atoms with Crippen molar-refractivity contribution in [2.45, 2.75) is 18.4 Å². The Kier molecular flexibility index (Phi) is 4.01. The minimum atomic E-state index is -3.90. The van der Waals surface area contributed by atoms with Gasteiger partial charge in [0, 0.05) is 18.9 Å². The minimum absolute atomic E-state index is 0.00580. The van der Waals surface area contributed by atoms with Gasteiger partial charge in [-0.05, 0) is 36.2 Å². The first-order chi connectivity index (χ1) is 9.44. The van der Waals surface area contributed by atoms with Gasteiger partial charge in [0.05, 0.1) is 10.6 Å². The maximum atomic E-state index is 13.3. The molecule has 0 aliphatic rings. The number of hydrogen-bond acceptors (Lipinski definition) is 4. The standard InChI is InChI=1S/C13H14FN3O2S/c1-9-8-16-5-4-12(9)17-20(18,19)13-6-11(14)3-2-10(13)7-15/h2-6,8H,7,15H2,1H3,(H,16,17). The van der Waals surface area contributed by atoms with E-state index in [9.17, 15) is 12.8 Å². The first-order valence-corrected chi connectivity index (χ1v) is 7.34. The van der Waals surface area contributed by atoms with E-state index in [1.54, 1.807) is 6.92 Å². The summed E-state index contributed by atoms with van der Waals surface area (Å²) >= 11 is 0. The molecule has 20 heavy (non-hydrogen) atoms. The number of sulfonamides is 1. The first-order valence-electron chi connectivity index (χ1n) is 5.86. The highest BCUT2D eigenvalue weighted by Gasteiger charge is 2.19. The van der Waals surface area contributed by atoms with Gasteiger partial charge < -0.3 is 5.73 Å². The third kappa shape index (κ3) is 2.94. The molecule has 0 saturated carbocycles. The van der Waals surface area contributed by atoms with Crippen LogP contribution in [0.15, 0.2) is 41.6 Å². The highest BCUT2D eigenvalue weighted by Crippen LogP contribution is 2.22. The summed E-state index contributed by atoms with van der Waals surface area (Å²) in [6.07, 6.45) is 3.01. The molecule has 5 nitrogen and oxygen atoms in total. The van der Waals surface area contributed by atoms with Gasteiger partial charge in [0.2, 0.25) is 0 Å². The molecule has 0 saturated heterocycles. The third-order valence-electron chi connectivity index (χ3n) is 2.80. The molecule has 0 atom stereocenters. The van der Waals surface area contributed by atoms with Crippen molar-refractivity contribution in [3.8, 4) is 0 Å². The lowest BCUT2D eigenvalue weighted by Crippen LogP contribution is -2.17. The Morgan fingerprint density at radius 1 is 1.35 bits per heavy atom. The molecule has 0 bridgehead atoms. The van der Waals surface area contributed by atoms with Gasteiger partial charge in [-0.1, -0.05) is 6.07 Å². The minimum Gasteiger partial charge on any atom is -0.326 e. The predicted octanol–water partition coefficient (Wildman–Crippen LogP) is 1.79. The summed E-state index contributed by atoms with van der Waals surface area (Å²) in [5, 5.41) is 0. The molecule has 0 unspecified atom stereocenters. The summed E-state index contributed by atoms with van der Waals surface area (Å²) in [7, 11) is -3.90. The molecule has 106 valence electrons. The molecule has 2 rings (SSSR count). The van der Waals surface area contributed by atoms with Crippen LogP contribution in [0.2, 0.25) is 0 Å². The van der Waals surface area contributed by atoms with Crippen molar-refractivity contribution in [3.63, 3.8) is 0 Å². The van der Waals surface area contributed by atoms with Crippen LogP contribution in [0.25, 0.3) is 0 Å². The predicted molar refractivity (Wildman–Crippen MR) is 74.1 cm³/mol. The molecule has 1 aromatic carbocycles. The number of rotatable bonds is 4. The fraction of sp³-hybridized carbons (Fsp3) is 0.154. The number of nitrogens with two attached hydrogens (primary N) is 1. The van der Waals surface area contributed by atoms with E-state index < -0.39 is 15.8 Å². The first kappa shape index (κ1) is 14.4. The highest BCUT2D eigenvalue weighted by molar-refractivity contribution is 7.92. The topological polar surface area (TPSA) is 85.1 Å². The maximum Gasteiger partial charge on any atom is 0.262 e. The molecular weight excluding hydrogens is 281 g/mol. The van der Waals surface area contributed by atoms with E-state index in [1.807, 2.05) is 0 Å². The van der Waals surface area contributed by atoms with Crippen LogP contribution in [0, 0.1) is 12.7 Å². The van der Waals surface area contributed by atoms with Crippen molar-refractivity contribution in [2.75, 3.05) is 4.72 Å². The number of benzene rings is 1. The van der Waals surface area contributed by atoms with E-state index in [-0.39, 0.29) is 11.4 Å². The lowest BCUT2D eigenvalue weighted by atomic mass is 10.2. The van der Waals surface area contributed by atoms with Crippen molar-refractivity contribution < 1.29 is 12.8 Å². The van der Waals surface area contributed by atoms with E-state index in [4.69, 9.17) is 5.73 Å². The van der Waals surface area contributed by atoms with Crippen molar-refractivity contribution in [1.29, 1.82) is 0 Å². The van der Waals surface area contributed by atoms with E-state index in [1.165, 1.54) is 30.6 Å². The number of hydrogen-bond donors (Lipinski definition) is 2. The summed E-state index contributed by atoms with van der Waals surface area (Å²) in [4.78, 5) is 3.72. The zero-order valence-corrected chi connectivity index (χ0v) is 11.6. The summed E-state index contributed by atoms with van der Waals surface area (Å²) in [6.45, 7) is 1.73. The zero-order chi connectivity index (χ0) is 14.8. The molecule has 0 aliphatic carbocycles. The van der Waals surface area contributed by atoms with Gasteiger partial charge >= 0.3 is 0 Å². The Balaban J connectivity index is 2.46. The van der Waals surface area contributed by atoms with Gasteiger partial charge in [-0.3, -0.25) is 9.71 Å². The molecule has 1 aromatic heterocycles. The molecule has 2 aromatic rings. The Hall–Kier alpha value is -1.99. The molecule has 0 spiro atoms. The highest BCUT2D eigenvalue weighted by atomic mass is 32.2. The fourth-order valence-electron chi connectivity index (χ4n) is 1.73. The summed E-state index contributed by atoms with van der Waals surface area (Å²) < 4.78 is 40.4. The largest absolute Gasteiger partial charge is 0.326 e. The quantitative estimate of drug-likeness (QED) is 0.900. The van der Waals surface area contributed by atoms with Crippen molar-refractivity contribution in [2.24, 2.45) is 5.73 Å². The number of nitrogens with zero attached hydrogens (tertiary/aromatic N) is 1. The Morgan fingerprint density at radius 3 is 2.75 bits per heavy atom. The van der Waals surface area contributed by atoms with Crippen LogP contribution >= 0.6 is 0 Å². The van der Waals surface area contributed by atoms with Crippen LogP contribution in [0.4, 0.5) is 10.1 Å². The number of nitrogens with one attached hydrogen (secondary N) is 1. The lowest BCUT2D eigenvalue weighted by Gasteiger charge is -2.12. The Morgan fingerprint density at radius 2 is 2.10 bits per heavy atom. The fourth-order valence-corrected chi connectivity index (χ4v) is 3.13. The number of aryl methyl sites for hydroxylation is 1. The smallest absolute Gasteiger partial charge is 0.262 e. The lowest BCUT2D eigenvalue weighted by molar-refractivity contribution is 0.593.